The quantitative estimate of drug-likeness (QED) is 0.254. The molecule has 0 saturated heterocycles. The van der Waals surface area contributed by atoms with E-state index in [1.807, 2.05) is 56.3 Å². The summed E-state index contributed by atoms with van der Waals surface area (Å²) in [6.45, 7) is 4.08. The molecule has 5 rings (SSSR count). The molecule has 192 valence electrons. The molecule has 38 heavy (non-hydrogen) atoms. The maximum Gasteiger partial charge on any atom is 0.417 e. The molecule has 0 fully saturated rings. The van der Waals surface area contributed by atoms with Gasteiger partial charge >= 0.3 is 6.18 Å². The number of nitrogens with zero attached hydrogens (tertiary/aromatic N) is 4. The van der Waals surface area contributed by atoms with Gasteiger partial charge in [0.15, 0.2) is 5.82 Å². The summed E-state index contributed by atoms with van der Waals surface area (Å²) in [6, 6.07) is 15.4. The number of nitrogens with one attached hydrogen (secondary N) is 1. The number of aromatic nitrogens is 4. The minimum absolute atomic E-state index is 0.231. The summed E-state index contributed by atoms with van der Waals surface area (Å²) >= 11 is 0. The smallest absolute Gasteiger partial charge is 0.306 e. The average molecular weight is 520 g/mol. The van der Waals surface area contributed by atoms with Crippen LogP contribution < -0.4 is 5.32 Å². The number of anilines is 1. The predicted octanol–water partition coefficient (Wildman–Crippen LogP) is 6.99. The van der Waals surface area contributed by atoms with Crippen LogP contribution in [0.25, 0.3) is 28.3 Å². The van der Waals surface area contributed by atoms with Crippen LogP contribution in [0.4, 0.5) is 23.4 Å². The van der Waals surface area contributed by atoms with E-state index in [-0.39, 0.29) is 17.6 Å². The Bertz CT molecular complexity index is 1630. The Labute approximate surface area is 215 Å². The van der Waals surface area contributed by atoms with Crippen molar-refractivity contribution in [2.24, 2.45) is 0 Å². The van der Waals surface area contributed by atoms with Crippen LogP contribution in [0.5, 0.6) is 0 Å². The van der Waals surface area contributed by atoms with E-state index < -0.39 is 34.6 Å². The molecule has 0 aliphatic carbocycles. The number of alkyl halides is 3. The second-order valence-corrected chi connectivity index (χ2v) is 8.92. The van der Waals surface area contributed by atoms with Crippen molar-refractivity contribution in [3.8, 4) is 22.6 Å². The molecule has 0 spiro atoms. The van der Waals surface area contributed by atoms with Crippen LogP contribution in [0.1, 0.15) is 41.3 Å². The first-order chi connectivity index (χ1) is 18.1. The molecule has 0 radical (unpaired) electrons. The van der Waals surface area contributed by atoms with E-state index in [1.54, 1.807) is 10.6 Å². The highest BCUT2D eigenvalue weighted by molar-refractivity contribution is 6.06. The van der Waals surface area contributed by atoms with Crippen molar-refractivity contribution >= 4 is 17.4 Å². The highest BCUT2D eigenvalue weighted by atomic mass is 19.4. The molecule has 0 aliphatic heterocycles. The van der Waals surface area contributed by atoms with E-state index in [4.69, 9.17) is 4.98 Å². The van der Waals surface area contributed by atoms with Crippen LogP contribution in [0.2, 0.25) is 0 Å². The molecule has 1 N–H and O–H groups in total. The molecule has 10 heteroatoms. The minimum atomic E-state index is -4.89. The predicted molar refractivity (Wildman–Crippen MR) is 135 cm³/mol. The first-order valence-electron chi connectivity index (χ1n) is 11.7. The molecular weight excluding hydrogens is 498 g/mol. The van der Waals surface area contributed by atoms with Crippen LogP contribution in [0.15, 0.2) is 79.3 Å². The van der Waals surface area contributed by atoms with Gasteiger partial charge in [0.2, 0.25) is 0 Å². The summed E-state index contributed by atoms with van der Waals surface area (Å²) in [6.07, 6.45) is -0.615. The first-order valence-corrected chi connectivity index (χ1v) is 11.7. The van der Waals surface area contributed by atoms with Crippen LogP contribution in [0, 0.1) is 5.82 Å². The highest BCUT2D eigenvalue weighted by Crippen LogP contribution is 2.38. The van der Waals surface area contributed by atoms with Gasteiger partial charge in [0.1, 0.15) is 23.0 Å². The molecule has 6 nitrogen and oxygen atoms in total. The van der Waals surface area contributed by atoms with Gasteiger partial charge in [-0.2, -0.15) is 13.2 Å². The van der Waals surface area contributed by atoms with Crippen molar-refractivity contribution in [2.75, 3.05) is 5.32 Å². The number of pyridine rings is 1. The SMILES string of the molecule is CC(C)c1ccn2c(NC(=O)c3cc(-c4ncccn4)c(C(F)(F)F)cc3F)c(-c3ccccc3)nc2c1. The van der Waals surface area contributed by atoms with Crippen LogP contribution >= 0.6 is 0 Å². The van der Waals surface area contributed by atoms with E-state index in [0.29, 0.717) is 23.0 Å². The van der Waals surface area contributed by atoms with Gasteiger partial charge in [-0.1, -0.05) is 44.2 Å². The summed E-state index contributed by atoms with van der Waals surface area (Å²) < 4.78 is 57.8. The Balaban J connectivity index is 1.63. The van der Waals surface area contributed by atoms with Crippen LogP contribution in [-0.2, 0) is 6.18 Å². The molecular formula is C28H21F4N5O. The van der Waals surface area contributed by atoms with Gasteiger partial charge in [-0.15, -0.1) is 0 Å². The lowest BCUT2D eigenvalue weighted by atomic mass is 10.0. The average Bonchev–Trinajstić information content (AvgIpc) is 3.26. The zero-order valence-corrected chi connectivity index (χ0v) is 20.3. The zero-order valence-electron chi connectivity index (χ0n) is 20.3. The lowest BCUT2D eigenvalue weighted by Gasteiger charge is -2.15. The van der Waals surface area contributed by atoms with Crippen molar-refractivity contribution in [3.05, 3.63) is 102 Å². The van der Waals surface area contributed by atoms with E-state index in [1.165, 1.54) is 18.5 Å². The Hall–Kier alpha value is -4.60. The van der Waals surface area contributed by atoms with Crippen molar-refractivity contribution in [2.45, 2.75) is 25.9 Å². The number of amides is 1. The zero-order chi connectivity index (χ0) is 27.0. The molecule has 0 unspecified atom stereocenters. The van der Waals surface area contributed by atoms with Gasteiger partial charge in [-0.25, -0.2) is 19.3 Å². The highest BCUT2D eigenvalue weighted by Gasteiger charge is 2.36. The Morgan fingerprint density at radius 3 is 2.34 bits per heavy atom. The van der Waals surface area contributed by atoms with Crippen LogP contribution in [0.3, 0.4) is 0 Å². The number of hydrogen-bond acceptors (Lipinski definition) is 4. The van der Waals surface area contributed by atoms with Gasteiger partial charge in [0.25, 0.3) is 5.91 Å². The Morgan fingerprint density at radius 2 is 1.68 bits per heavy atom. The molecule has 2 aromatic carbocycles. The summed E-state index contributed by atoms with van der Waals surface area (Å²) in [5.74, 6) is -2.07. The third-order valence-electron chi connectivity index (χ3n) is 6.06. The largest absolute Gasteiger partial charge is 0.417 e. The number of benzene rings is 2. The fourth-order valence-corrected chi connectivity index (χ4v) is 4.12. The third-order valence-corrected chi connectivity index (χ3v) is 6.06. The maximum atomic E-state index is 15.0. The van der Waals surface area contributed by atoms with Crippen molar-refractivity contribution in [1.82, 2.24) is 19.4 Å². The van der Waals surface area contributed by atoms with E-state index in [0.717, 1.165) is 11.6 Å². The molecule has 3 aromatic heterocycles. The molecule has 0 saturated carbocycles. The first kappa shape index (κ1) is 25.1. The fraction of sp³-hybridized carbons (Fsp3) is 0.143. The summed E-state index contributed by atoms with van der Waals surface area (Å²) in [4.78, 5) is 25.8. The van der Waals surface area contributed by atoms with Crippen LogP contribution in [-0.4, -0.2) is 25.3 Å². The number of carbonyl (C=O) groups excluding carboxylic acids is 1. The molecule has 5 aromatic rings. The summed E-state index contributed by atoms with van der Waals surface area (Å²) in [7, 11) is 0. The van der Waals surface area contributed by atoms with Crippen molar-refractivity contribution < 1.29 is 22.4 Å². The van der Waals surface area contributed by atoms with Crippen molar-refractivity contribution in [3.63, 3.8) is 0 Å². The number of hydrogen-bond donors (Lipinski definition) is 1. The number of halogens is 4. The monoisotopic (exact) mass is 519 g/mol. The molecule has 1 amide bonds. The summed E-state index contributed by atoms with van der Waals surface area (Å²) in [5.41, 5.74) is 0.333. The second kappa shape index (κ2) is 9.70. The Kier molecular flexibility index (Phi) is 6.40. The molecule has 0 aliphatic rings. The molecule has 0 atom stereocenters. The normalized spacial score (nSPS) is 11.8. The maximum absolute atomic E-state index is 15.0. The lowest BCUT2D eigenvalue weighted by molar-refractivity contribution is -0.137. The van der Waals surface area contributed by atoms with E-state index in [2.05, 4.69) is 15.3 Å². The van der Waals surface area contributed by atoms with Gasteiger partial charge in [-0.05, 0) is 41.8 Å². The molecule has 3 heterocycles. The molecule has 0 bridgehead atoms. The minimum Gasteiger partial charge on any atom is -0.306 e. The van der Waals surface area contributed by atoms with E-state index in [9.17, 15) is 18.0 Å². The number of imidazole rings is 1. The van der Waals surface area contributed by atoms with E-state index >= 15 is 4.39 Å². The Morgan fingerprint density at radius 1 is 0.974 bits per heavy atom. The summed E-state index contributed by atoms with van der Waals surface area (Å²) in [5, 5.41) is 2.67. The lowest BCUT2D eigenvalue weighted by Crippen LogP contribution is -2.18. The van der Waals surface area contributed by atoms with Gasteiger partial charge < -0.3 is 5.32 Å². The number of rotatable bonds is 5. The third kappa shape index (κ3) is 4.72. The standard InChI is InChI=1S/C28H21F4N5O/c1-16(2)18-9-12-37-23(13-18)35-24(17-7-4-3-5-8-17)26(37)36-27(38)20-14-19(25-33-10-6-11-34-25)21(15-22(20)29)28(30,31)32/h3-16H,1-2H3,(H,36,38). The fourth-order valence-electron chi connectivity index (χ4n) is 4.12. The second-order valence-electron chi connectivity index (χ2n) is 8.92. The number of carbonyl (C=O) groups is 1. The van der Waals surface area contributed by atoms with Gasteiger partial charge in [0.05, 0.1) is 11.1 Å². The topological polar surface area (TPSA) is 72.2 Å². The number of fused-ring (bicyclic) bond motifs is 1. The van der Waals surface area contributed by atoms with Gasteiger partial charge in [-0.3, -0.25) is 9.20 Å². The van der Waals surface area contributed by atoms with Crippen molar-refractivity contribution in [1.29, 1.82) is 0 Å². The van der Waals surface area contributed by atoms with Gasteiger partial charge in [0, 0.05) is 29.7 Å².